The van der Waals surface area contributed by atoms with E-state index in [4.69, 9.17) is 5.11 Å². The highest BCUT2D eigenvalue weighted by Gasteiger charge is 1.94. The maximum Gasteiger partial charge on any atom is 0.303 e. The molecule has 2 heteroatoms. The third-order valence-electron chi connectivity index (χ3n) is 3.26. The summed E-state index contributed by atoms with van der Waals surface area (Å²) in [6.07, 6.45) is 17.4. The Morgan fingerprint density at radius 2 is 1.30 bits per heavy atom. The van der Waals surface area contributed by atoms with E-state index in [2.05, 4.69) is 20.4 Å². The Morgan fingerprint density at radius 1 is 0.850 bits per heavy atom. The van der Waals surface area contributed by atoms with Crippen molar-refractivity contribution in [2.24, 2.45) is 0 Å². The van der Waals surface area contributed by atoms with Crippen LogP contribution in [0.25, 0.3) is 0 Å². The lowest BCUT2D eigenvalue weighted by Crippen LogP contribution is -1.93. The van der Waals surface area contributed by atoms with Gasteiger partial charge in [-0.3, -0.25) is 4.79 Å². The molecular weight excluding hydrogens is 248 g/mol. The number of carbonyl (C=O) groups is 1. The molecule has 0 aromatic heterocycles. The maximum atomic E-state index is 10.0. The number of hydrogen-bond acceptors (Lipinski definition) is 1. The highest BCUT2D eigenvalue weighted by molar-refractivity contribution is 5.66. The molecule has 0 rings (SSSR count). The van der Waals surface area contributed by atoms with Gasteiger partial charge in [0.15, 0.2) is 0 Å². The fourth-order valence-corrected chi connectivity index (χ4v) is 1.95. The van der Waals surface area contributed by atoms with Crippen molar-refractivity contribution in [3.8, 4) is 0 Å². The average Bonchev–Trinajstić information content (AvgIpc) is 2.43. The van der Waals surface area contributed by atoms with Gasteiger partial charge in [0.1, 0.15) is 0 Å². The first-order chi connectivity index (χ1) is 9.68. The largest absolute Gasteiger partial charge is 0.481 e. The first kappa shape index (κ1) is 21.5. The predicted molar refractivity (Wildman–Crippen MR) is 89.2 cm³/mol. The van der Waals surface area contributed by atoms with Crippen LogP contribution in [0.1, 0.15) is 97.3 Å². The number of carboxylic acids is 1. The monoisotopic (exact) mass is 284 g/mol. The Kier molecular flexibility index (Phi) is 22.1. The number of allylic oxidation sites excluding steroid dienone is 1. The van der Waals surface area contributed by atoms with Gasteiger partial charge in [-0.25, -0.2) is 0 Å². The summed E-state index contributed by atoms with van der Waals surface area (Å²) in [5.74, 6) is -0.670. The minimum atomic E-state index is -0.670. The fraction of sp³-hybridized carbons (Fsp3) is 0.833. The summed E-state index contributed by atoms with van der Waals surface area (Å²) in [4.78, 5) is 10.0. The Hall–Kier alpha value is -0.790. The zero-order valence-corrected chi connectivity index (χ0v) is 13.8. The lowest BCUT2D eigenvalue weighted by atomic mass is 10.1. The van der Waals surface area contributed by atoms with Gasteiger partial charge >= 0.3 is 5.97 Å². The molecule has 0 aliphatic carbocycles. The van der Waals surface area contributed by atoms with Crippen LogP contribution in [-0.2, 0) is 4.79 Å². The summed E-state index contributed by atoms with van der Waals surface area (Å²) in [5.41, 5.74) is 0. The van der Waals surface area contributed by atoms with Gasteiger partial charge in [-0.1, -0.05) is 77.7 Å². The van der Waals surface area contributed by atoms with Gasteiger partial charge in [0.25, 0.3) is 0 Å². The van der Waals surface area contributed by atoms with Crippen molar-refractivity contribution >= 4 is 5.97 Å². The minimum Gasteiger partial charge on any atom is -0.481 e. The van der Waals surface area contributed by atoms with E-state index < -0.39 is 5.97 Å². The SMILES string of the molecule is C=CCCCCCCCC.CCCCCCCC(=O)O. The maximum absolute atomic E-state index is 10.0. The van der Waals surface area contributed by atoms with E-state index in [9.17, 15) is 4.79 Å². The zero-order chi connectivity index (χ0) is 15.5. The van der Waals surface area contributed by atoms with E-state index in [1.807, 2.05) is 6.08 Å². The molecule has 2 nitrogen and oxygen atoms in total. The molecule has 0 atom stereocenters. The van der Waals surface area contributed by atoms with Crippen LogP contribution in [-0.4, -0.2) is 11.1 Å². The van der Waals surface area contributed by atoms with Crippen LogP contribution in [0.15, 0.2) is 12.7 Å². The summed E-state index contributed by atoms with van der Waals surface area (Å²) in [6.45, 7) is 8.10. The van der Waals surface area contributed by atoms with Crippen LogP contribution >= 0.6 is 0 Å². The molecule has 0 unspecified atom stereocenters. The second-order valence-corrected chi connectivity index (χ2v) is 5.40. The van der Waals surface area contributed by atoms with Gasteiger partial charge in [0, 0.05) is 6.42 Å². The Bertz CT molecular complexity index is 200. The quantitative estimate of drug-likeness (QED) is 0.316. The standard InChI is InChI=1S/C10H20.C8H16O2/c1-3-5-7-9-10-8-6-4-2;1-2-3-4-5-6-7-8(9)10/h3H,1,4-10H2,2H3;2-7H2,1H3,(H,9,10). The summed E-state index contributed by atoms with van der Waals surface area (Å²) in [5, 5.41) is 8.27. The van der Waals surface area contributed by atoms with Crippen LogP contribution in [0, 0.1) is 0 Å². The van der Waals surface area contributed by atoms with Crippen molar-refractivity contribution in [2.75, 3.05) is 0 Å². The second-order valence-electron chi connectivity index (χ2n) is 5.40. The van der Waals surface area contributed by atoms with Crippen molar-refractivity contribution in [1.82, 2.24) is 0 Å². The molecular formula is C18H36O2. The van der Waals surface area contributed by atoms with E-state index in [0.29, 0.717) is 6.42 Å². The van der Waals surface area contributed by atoms with Gasteiger partial charge in [-0.15, -0.1) is 6.58 Å². The van der Waals surface area contributed by atoms with Gasteiger partial charge in [0.05, 0.1) is 0 Å². The lowest BCUT2D eigenvalue weighted by Gasteiger charge is -1.96. The van der Waals surface area contributed by atoms with Gasteiger partial charge < -0.3 is 5.11 Å². The first-order valence-electron chi connectivity index (χ1n) is 8.51. The summed E-state index contributed by atoms with van der Waals surface area (Å²) >= 11 is 0. The highest BCUT2D eigenvalue weighted by Crippen LogP contribution is 2.06. The molecule has 120 valence electrons. The van der Waals surface area contributed by atoms with E-state index in [1.54, 1.807) is 0 Å². The number of carboxylic acid groups (broad SMARTS) is 1. The molecule has 0 aliphatic rings. The molecule has 0 aromatic carbocycles. The van der Waals surface area contributed by atoms with Crippen molar-refractivity contribution in [3.63, 3.8) is 0 Å². The molecule has 0 saturated heterocycles. The summed E-state index contributed by atoms with van der Waals surface area (Å²) in [7, 11) is 0. The number of rotatable bonds is 13. The van der Waals surface area contributed by atoms with E-state index >= 15 is 0 Å². The van der Waals surface area contributed by atoms with Crippen LogP contribution in [0.5, 0.6) is 0 Å². The van der Waals surface area contributed by atoms with Crippen LogP contribution in [0.2, 0.25) is 0 Å². The third kappa shape index (κ3) is 25.9. The second kappa shape index (κ2) is 20.5. The minimum absolute atomic E-state index is 0.337. The van der Waals surface area contributed by atoms with Gasteiger partial charge in [0.2, 0.25) is 0 Å². The van der Waals surface area contributed by atoms with Crippen molar-refractivity contribution in [1.29, 1.82) is 0 Å². The molecule has 0 aliphatic heterocycles. The molecule has 0 radical (unpaired) electrons. The number of unbranched alkanes of at least 4 members (excludes halogenated alkanes) is 10. The molecule has 0 aromatic rings. The van der Waals surface area contributed by atoms with Crippen molar-refractivity contribution in [3.05, 3.63) is 12.7 Å². The predicted octanol–water partition coefficient (Wildman–Crippen LogP) is 6.35. The van der Waals surface area contributed by atoms with Crippen LogP contribution in [0.3, 0.4) is 0 Å². The van der Waals surface area contributed by atoms with Crippen molar-refractivity contribution < 1.29 is 9.90 Å². The first-order valence-corrected chi connectivity index (χ1v) is 8.51. The average molecular weight is 284 g/mol. The lowest BCUT2D eigenvalue weighted by molar-refractivity contribution is -0.137. The fourth-order valence-electron chi connectivity index (χ4n) is 1.95. The molecule has 0 bridgehead atoms. The Morgan fingerprint density at radius 3 is 1.75 bits per heavy atom. The molecule has 0 fully saturated rings. The topological polar surface area (TPSA) is 37.3 Å². The normalized spacial score (nSPS) is 9.70. The molecule has 1 N–H and O–H groups in total. The molecule has 0 amide bonds. The molecule has 0 spiro atoms. The number of aliphatic carboxylic acids is 1. The van der Waals surface area contributed by atoms with Crippen LogP contribution < -0.4 is 0 Å². The zero-order valence-electron chi connectivity index (χ0n) is 13.8. The molecule has 0 saturated carbocycles. The molecule has 20 heavy (non-hydrogen) atoms. The summed E-state index contributed by atoms with van der Waals surface area (Å²) in [6, 6.07) is 0. The Labute approximate surface area is 126 Å². The number of hydrogen-bond donors (Lipinski definition) is 1. The van der Waals surface area contributed by atoms with Gasteiger partial charge in [-0.05, 0) is 19.3 Å². The van der Waals surface area contributed by atoms with Crippen molar-refractivity contribution in [2.45, 2.75) is 97.3 Å². The van der Waals surface area contributed by atoms with Crippen LogP contribution in [0.4, 0.5) is 0 Å². The van der Waals surface area contributed by atoms with E-state index in [0.717, 1.165) is 12.8 Å². The third-order valence-corrected chi connectivity index (χ3v) is 3.26. The van der Waals surface area contributed by atoms with E-state index in [1.165, 1.54) is 64.2 Å². The Balaban J connectivity index is 0. The van der Waals surface area contributed by atoms with E-state index in [-0.39, 0.29) is 0 Å². The van der Waals surface area contributed by atoms with Gasteiger partial charge in [-0.2, -0.15) is 0 Å². The smallest absolute Gasteiger partial charge is 0.303 e. The molecule has 0 heterocycles. The highest BCUT2D eigenvalue weighted by atomic mass is 16.4. The summed E-state index contributed by atoms with van der Waals surface area (Å²) < 4.78 is 0.